The van der Waals surface area contributed by atoms with Gasteiger partial charge in [0.1, 0.15) is 11.6 Å². The number of hydrogen-bond donors (Lipinski definition) is 3. The zero-order chi connectivity index (χ0) is 24.6. The molecule has 0 unspecified atom stereocenters. The van der Waals surface area contributed by atoms with Crippen molar-refractivity contribution in [1.29, 1.82) is 5.26 Å². The van der Waals surface area contributed by atoms with Gasteiger partial charge in [0.25, 0.3) is 5.91 Å². The molecule has 178 valence electrons. The summed E-state index contributed by atoms with van der Waals surface area (Å²) in [5, 5.41) is 19.0. The Bertz CT molecular complexity index is 1240. The van der Waals surface area contributed by atoms with Crippen LogP contribution in [0.25, 0.3) is 5.57 Å². The molecule has 1 aliphatic rings. The van der Waals surface area contributed by atoms with E-state index in [1.807, 2.05) is 67.5 Å². The van der Waals surface area contributed by atoms with Gasteiger partial charge in [-0.25, -0.2) is 9.97 Å². The molecule has 2 aromatic carbocycles. The summed E-state index contributed by atoms with van der Waals surface area (Å²) >= 11 is 0. The third-order valence-electron chi connectivity index (χ3n) is 5.36. The molecule has 0 radical (unpaired) electrons. The van der Waals surface area contributed by atoms with E-state index in [0.29, 0.717) is 47.5 Å². The molecule has 0 bridgehead atoms. The van der Waals surface area contributed by atoms with Crippen molar-refractivity contribution in [3.8, 4) is 11.8 Å². The molecular weight excluding hydrogens is 442 g/mol. The number of amides is 1. The molecule has 9 heteroatoms. The van der Waals surface area contributed by atoms with E-state index in [9.17, 15) is 10.1 Å². The number of nitrogens with zero attached hydrogens (tertiary/aromatic N) is 4. The molecule has 0 fully saturated rings. The summed E-state index contributed by atoms with van der Waals surface area (Å²) in [4.78, 5) is 23.0. The average Bonchev–Trinajstić information content (AvgIpc) is 3.29. The lowest BCUT2D eigenvalue weighted by Gasteiger charge is -2.11. The fourth-order valence-electron chi connectivity index (χ4n) is 3.47. The Morgan fingerprint density at radius 3 is 2.66 bits per heavy atom. The summed E-state index contributed by atoms with van der Waals surface area (Å²) in [7, 11) is 3.94. The molecule has 3 aromatic rings. The molecule has 0 atom stereocenters. The van der Waals surface area contributed by atoms with Gasteiger partial charge in [-0.1, -0.05) is 24.3 Å². The number of rotatable bonds is 9. The normalized spacial score (nSPS) is 13.3. The smallest absolute Gasteiger partial charge is 0.251 e. The van der Waals surface area contributed by atoms with Crippen LogP contribution in [-0.4, -0.2) is 54.5 Å². The number of nitriles is 1. The first-order valence-electron chi connectivity index (χ1n) is 11.3. The van der Waals surface area contributed by atoms with Gasteiger partial charge in [-0.05, 0) is 56.4 Å². The first kappa shape index (κ1) is 23.7. The zero-order valence-electron chi connectivity index (χ0n) is 19.7. The molecule has 4 rings (SSSR count). The molecule has 1 amide bonds. The predicted molar refractivity (Wildman–Crippen MR) is 135 cm³/mol. The molecule has 9 nitrogen and oxygen atoms in total. The second-order valence-corrected chi connectivity index (χ2v) is 8.24. The van der Waals surface area contributed by atoms with Crippen LogP contribution in [0.15, 0.2) is 66.7 Å². The fraction of sp³-hybridized carbons (Fsp3) is 0.231. The second-order valence-electron chi connectivity index (χ2n) is 8.24. The number of allylic oxidation sites excluding steroid dienone is 1. The van der Waals surface area contributed by atoms with E-state index in [-0.39, 0.29) is 5.91 Å². The largest absolute Gasteiger partial charge is 0.437 e. The number of ether oxygens (including phenoxy) is 1. The summed E-state index contributed by atoms with van der Waals surface area (Å²) in [6, 6.07) is 18.9. The van der Waals surface area contributed by atoms with Crippen molar-refractivity contribution in [3.05, 3.63) is 83.5 Å². The minimum atomic E-state index is -0.0759. The molecule has 1 aliphatic heterocycles. The third-order valence-corrected chi connectivity index (χ3v) is 5.36. The molecule has 0 saturated heterocycles. The second kappa shape index (κ2) is 11.1. The fourth-order valence-corrected chi connectivity index (χ4v) is 3.47. The van der Waals surface area contributed by atoms with E-state index in [4.69, 9.17) is 4.74 Å². The lowest BCUT2D eigenvalue weighted by atomic mass is 10.1. The van der Waals surface area contributed by atoms with Crippen LogP contribution in [0.1, 0.15) is 21.6 Å². The number of hydrogen-bond acceptors (Lipinski definition) is 8. The maximum atomic E-state index is 12.2. The van der Waals surface area contributed by atoms with Gasteiger partial charge >= 0.3 is 0 Å². The van der Waals surface area contributed by atoms with E-state index in [0.717, 1.165) is 24.2 Å². The Morgan fingerprint density at radius 2 is 1.91 bits per heavy atom. The molecule has 3 N–H and O–H groups in total. The first-order valence-corrected chi connectivity index (χ1v) is 11.3. The zero-order valence-corrected chi connectivity index (χ0v) is 19.7. The van der Waals surface area contributed by atoms with Crippen LogP contribution in [0.2, 0.25) is 0 Å². The van der Waals surface area contributed by atoms with Crippen LogP contribution in [0, 0.1) is 11.3 Å². The van der Waals surface area contributed by atoms with Gasteiger partial charge in [0, 0.05) is 31.4 Å². The third kappa shape index (κ3) is 6.13. The van der Waals surface area contributed by atoms with Gasteiger partial charge in [0.2, 0.25) is 11.8 Å². The highest BCUT2D eigenvalue weighted by Crippen LogP contribution is 2.35. The summed E-state index contributed by atoms with van der Waals surface area (Å²) in [6.45, 7) is 2.00. The topological polar surface area (TPSA) is 115 Å². The van der Waals surface area contributed by atoms with E-state index in [1.54, 1.807) is 12.3 Å². The van der Waals surface area contributed by atoms with Gasteiger partial charge in [-0.15, -0.1) is 0 Å². The van der Waals surface area contributed by atoms with Gasteiger partial charge in [-0.2, -0.15) is 5.26 Å². The molecule has 0 spiro atoms. The number of carbonyl (C=O) groups is 1. The van der Waals surface area contributed by atoms with Crippen molar-refractivity contribution in [2.24, 2.45) is 0 Å². The highest BCUT2D eigenvalue weighted by Gasteiger charge is 2.22. The van der Waals surface area contributed by atoms with Crippen molar-refractivity contribution in [1.82, 2.24) is 20.2 Å². The molecule has 0 aliphatic carbocycles. The number of benzene rings is 2. The Kier molecular flexibility index (Phi) is 7.55. The lowest BCUT2D eigenvalue weighted by Crippen LogP contribution is -2.31. The van der Waals surface area contributed by atoms with Crippen molar-refractivity contribution in [2.45, 2.75) is 6.42 Å². The molecule has 35 heavy (non-hydrogen) atoms. The maximum absolute atomic E-state index is 12.2. The Labute approximate surface area is 204 Å². The molecule has 1 aromatic heterocycles. The van der Waals surface area contributed by atoms with Crippen LogP contribution >= 0.6 is 0 Å². The number of likely N-dealkylation sites (N-methyl/N-ethyl adjacent to an activating group) is 1. The van der Waals surface area contributed by atoms with Crippen LogP contribution in [0.5, 0.6) is 5.75 Å². The number of nitrogens with one attached hydrogen (secondary N) is 3. The van der Waals surface area contributed by atoms with Gasteiger partial charge in [0.05, 0.1) is 11.4 Å². The van der Waals surface area contributed by atoms with Crippen molar-refractivity contribution < 1.29 is 9.53 Å². The number of fused-ring (bicyclic) bond motifs is 1. The summed E-state index contributed by atoms with van der Waals surface area (Å²) in [5.74, 6) is 1.36. The summed E-state index contributed by atoms with van der Waals surface area (Å²) in [5.41, 5.74) is 3.29. The van der Waals surface area contributed by atoms with E-state index in [2.05, 4.69) is 32.0 Å². The Morgan fingerprint density at radius 1 is 1.11 bits per heavy atom. The Balaban J connectivity index is 1.33. The summed E-state index contributed by atoms with van der Waals surface area (Å²) in [6.07, 6.45) is 2.33. The minimum Gasteiger partial charge on any atom is -0.437 e. The summed E-state index contributed by atoms with van der Waals surface area (Å²) < 4.78 is 5.79. The van der Waals surface area contributed by atoms with Crippen molar-refractivity contribution >= 4 is 23.1 Å². The van der Waals surface area contributed by atoms with Crippen LogP contribution in [0.3, 0.4) is 0 Å². The lowest BCUT2D eigenvalue weighted by molar-refractivity contribution is 0.0951. The highest BCUT2D eigenvalue weighted by atomic mass is 16.5. The Hall–Kier alpha value is -4.42. The number of carbonyl (C=O) groups excluding carboxylic acids is 1. The number of anilines is 2. The van der Waals surface area contributed by atoms with Crippen molar-refractivity contribution in [3.63, 3.8) is 0 Å². The predicted octanol–water partition coefficient (Wildman–Crippen LogP) is 3.12. The van der Waals surface area contributed by atoms with E-state index in [1.165, 1.54) is 0 Å². The average molecular weight is 470 g/mol. The van der Waals surface area contributed by atoms with Gasteiger partial charge < -0.3 is 25.6 Å². The van der Waals surface area contributed by atoms with Crippen LogP contribution < -0.4 is 20.7 Å². The minimum absolute atomic E-state index is 0.0759. The van der Waals surface area contributed by atoms with E-state index >= 15 is 0 Å². The highest BCUT2D eigenvalue weighted by molar-refractivity contribution is 5.94. The maximum Gasteiger partial charge on any atom is 0.251 e. The molecular formula is C26H27N7O2. The van der Waals surface area contributed by atoms with Gasteiger partial charge in [-0.3, -0.25) is 4.79 Å². The quantitative estimate of drug-likeness (QED) is 0.410. The molecule has 2 heterocycles. The number of aromatic nitrogens is 2. The standard InChI is InChI=1S/C26H27N7O2/c1-33(2)16-15-28-24(34)19-9-7-18(8-10-19)11-13-29-26-30-14-12-21(32-26)20(17-27)25-31-22-5-3-4-6-23(22)35-25/h3-10,12,14,31H,11,13,15-16H2,1-2H3,(H,28,34)(H,29,30,32). The first-order chi connectivity index (χ1) is 17.0. The van der Waals surface area contributed by atoms with Crippen LogP contribution in [-0.2, 0) is 6.42 Å². The van der Waals surface area contributed by atoms with Crippen molar-refractivity contribution in [2.75, 3.05) is 44.4 Å². The molecule has 0 saturated carbocycles. The van der Waals surface area contributed by atoms with Crippen LogP contribution in [0.4, 0.5) is 11.6 Å². The SMILES string of the molecule is CN(C)CCNC(=O)c1ccc(CCNc2nccc(C(C#N)=C3Nc4ccccc4O3)n2)cc1. The monoisotopic (exact) mass is 469 g/mol. The number of para-hydroxylation sites is 2. The van der Waals surface area contributed by atoms with E-state index < -0.39 is 0 Å². The van der Waals surface area contributed by atoms with Gasteiger partial charge in [0.15, 0.2) is 5.75 Å².